The van der Waals surface area contributed by atoms with Crippen molar-refractivity contribution < 1.29 is 17.9 Å². The minimum atomic E-state index is -3.59. The van der Waals surface area contributed by atoms with Crippen LogP contribution in [-0.4, -0.2) is 65.1 Å². The highest BCUT2D eigenvalue weighted by Crippen LogP contribution is 2.43. The zero-order valence-electron chi connectivity index (χ0n) is 14.6. The van der Waals surface area contributed by atoms with Gasteiger partial charge in [-0.15, -0.1) is 0 Å². The molecule has 0 radical (unpaired) electrons. The third-order valence-electron chi connectivity index (χ3n) is 5.44. The molecule has 1 aromatic carbocycles. The third kappa shape index (κ3) is 3.12. The number of benzene rings is 1. The average molecular weight is 354 g/mol. The molecule has 0 aliphatic carbocycles. The SMILES string of the molecule is COc1ccc(OC)c(S(=O)(=O)N2CCC3(CCN(C)CC3)C2)c1. The van der Waals surface area contributed by atoms with Crippen LogP contribution >= 0.6 is 0 Å². The summed E-state index contributed by atoms with van der Waals surface area (Å²) in [5.41, 5.74) is 0.131. The van der Waals surface area contributed by atoms with E-state index in [1.165, 1.54) is 14.2 Å². The molecule has 2 heterocycles. The van der Waals surface area contributed by atoms with E-state index in [9.17, 15) is 8.42 Å². The van der Waals surface area contributed by atoms with Gasteiger partial charge in [0.25, 0.3) is 0 Å². The predicted octanol–water partition coefficient (Wildman–Crippen LogP) is 1.81. The summed E-state index contributed by atoms with van der Waals surface area (Å²) < 4.78 is 38.4. The Morgan fingerprint density at radius 2 is 1.71 bits per heavy atom. The van der Waals surface area contributed by atoms with Crippen molar-refractivity contribution in [3.8, 4) is 11.5 Å². The number of piperidine rings is 1. The van der Waals surface area contributed by atoms with Crippen molar-refractivity contribution in [3.05, 3.63) is 18.2 Å². The normalized spacial score (nSPS) is 22.0. The Bertz CT molecular complexity index is 697. The van der Waals surface area contributed by atoms with Crippen molar-refractivity contribution in [1.82, 2.24) is 9.21 Å². The second-order valence-electron chi connectivity index (χ2n) is 6.91. The van der Waals surface area contributed by atoms with Gasteiger partial charge >= 0.3 is 0 Å². The van der Waals surface area contributed by atoms with Crippen molar-refractivity contribution in [1.29, 1.82) is 0 Å². The molecule has 2 aliphatic heterocycles. The molecule has 2 aliphatic rings. The lowest BCUT2D eigenvalue weighted by Crippen LogP contribution is -2.40. The van der Waals surface area contributed by atoms with Gasteiger partial charge in [-0.2, -0.15) is 4.31 Å². The molecular formula is C17H26N2O4S. The molecule has 0 bridgehead atoms. The first-order chi connectivity index (χ1) is 11.4. The fraction of sp³-hybridized carbons (Fsp3) is 0.647. The molecule has 7 heteroatoms. The van der Waals surface area contributed by atoms with Gasteiger partial charge in [-0.05, 0) is 56.9 Å². The highest BCUT2D eigenvalue weighted by atomic mass is 32.2. The van der Waals surface area contributed by atoms with Crippen LogP contribution in [0.4, 0.5) is 0 Å². The molecule has 0 atom stereocenters. The Labute approximate surface area is 144 Å². The van der Waals surface area contributed by atoms with Crippen LogP contribution in [0.5, 0.6) is 11.5 Å². The Kier molecular flexibility index (Phi) is 4.77. The largest absolute Gasteiger partial charge is 0.497 e. The van der Waals surface area contributed by atoms with Crippen LogP contribution < -0.4 is 9.47 Å². The number of hydrogen-bond acceptors (Lipinski definition) is 5. The van der Waals surface area contributed by atoms with Crippen LogP contribution in [0.1, 0.15) is 19.3 Å². The molecule has 2 fully saturated rings. The van der Waals surface area contributed by atoms with E-state index in [-0.39, 0.29) is 10.3 Å². The van der Waals surface area contributed by atoms with Crippen LogP contribution in [0.25, 0.3) is 0 Å². The summed E-state index contributed by atoms with van der Waals surface area (Å²) in [6.07, 6.45) is 3.06. The number of sulfonamides is 1. The standard InChI is InChI=1S/C17H26N2O4S/c1-18-9-6-17(7-10-18)8-11-19(13-17)24(20,21)16-12-14(22-2)4-5-15(16)23-3/h4-5,12H,6-11,13H2,1-3H3. The van der Waals surface area contributed by atoms with Crippen molar-refractivity contribution in [2.45, 2.75) is 24.2 Å². The van der Waals surface area contributed by atoms with Crippen molar-refractivity contribution in [3.63, 3.8) is 0 Å². The van der Waals surface area contributed by atoms with E-state index in [1.807, 2.05) is 0 Å². The number of nitrogens with zero attached hydrogens (tertiary/aromatic N) is 2. The molecule has 2 saturated heterocycles. The van der Waals surface area contributed by atoms with Gasteiger partial charge in [-0.25, -0.2) is 8.42 Å². The molecule has 0 saturated carbocycles. The van der Waals surface area contributed by atoms with Gasteiger partial charge in [0, 0.05) is 19.2 Å². The summed E-state index contributed by atoms with van der Waals surface area (Å²) in [5.74, 6) is 0.878. The molecule has 0 unspecified atom stereocenters. The fourth-order valence-electron chi connectivity index (χ4n) is 3.72. The van der Waals surface area contributed by atoms with Crippen LogP contribution in [-0.2, 0) is 10.0 Å². The average Bonchev–Trinajstić information content (AvgIpc) is 3.02. The zero-order chi connectivity index (χ0) is 17.4. The Hall–Kier alpha value is -1.31. The maximum atomic E-state index is 13.2. The molecule has 24 heavy (non-hydrogen) atoms. The summed E-state index contributed by atoms with van der Waals surface area (Å²) in [6, 6.07) is 4.90. The van der Waals surface area contributed by atoms with Gasteiger partial charge in [0.05, 0.1) is 14.2 Å². The van der Waals surface area contributed by atoms with E-state index >= 15 is 0 Å². The smallest absolute Gasteiger partial charge is 0.246 e. The molecular weight excluding hydrogens is 328 g/mol. The van der Waals surface area contributed by atoms with Gasteiger partial charge < -0.3 is 14.4 Å². The highest BCUT2D eigenvalue weighted by Gasteiger charge is 2.44. The molecule has 1 aromatic rings. The molecule has 1 spiro atoms. The van der Waals surface area contributed by atoms with Crippen molar-refractivity contribution >= 4 is 10.0 Å². The van der Waals surface area contributed by atoms with E-state index in [4.69, 9.17) is 9.47 Å². The maximum absolute atomic E-state index is 13.2. The van der Waals surface area contributed by atoms with Gasteiger partial charge in [-0.3, -0.25) is 0 Å². The summed E-state index contributed by atoms with van der Waals surface area (Å²) in [6.45, 7) is 3.25. The minimum Gasteiger partial charge on any atom is -0.497 e. The fourth-order valence-corrected chi connectivity index (χ4v) is 5.45. The second-order valence-corrected chi connectivity index (χ2v) is 8.82. The first-order valence-corrected chi connectivity index (χ1v) is 9.75. The zero-order valence-corrected chi connectivity index (χ0v) is 15.4. The Morgan fingerprint density at radius 3 is 2.33 bits per heavy atom. The highest BCUT2D eigenvalue weighted by molar-refractivity contribution is 7.89. The molecule has 0 aromatic heterocycles. The number of methoxy groups -OCH3 is 2. The lowest BCUT2D eigenvalue weighted by Gasteiger charge is -2.37. The first-order valence-electron chi connectivity index (χ1n) is 8.31. The van der Waals surface area contributed by atoms with Crippen LogP contribution in [0, 0.1) is 5.41 Å². The van der Waals surface area contributed by atoms with E-state index in [1.54, 1.807) is 22.5 Å². The Morgan fingerprint density at radius 1 is 1.04 bits per heavy atom. The molecule has 6 nitrogen and oxygen atoms in total. The lowest BCUT2D eigenvalue weighted by molar-refractivity contribution is 0.134. The first kappa shape index (κ1) is 17.5. The van der Waals surface area contributed by atoms with E-state index < -0.39 is 10.0 Å². The maximum Gasteiger partial charge on any atom is 0.246 e. The summed E-state index contributed by atoms with van der Waals surface area (Å²) in [7, 11) is 1.55. The molecule has 3 rings (SSSR count). The van der Waals surface area contributed by atoms with E-state index in [0.717, 1.165) is 32.4 Å². The van der Waals surface area contributed by atoms with Crippen LogP contribution in [0.2, 0.25) is 0 Å². The number of hydrogen-bond donors (Lipinski definition) is 0. The summed E-state index contributed by atoms with van der Waals surface area (Å²) in [5, 5.41) is 0. The second kappa shape index (κ2) is 6.54. The van der Waals surface area contributed by atoms with Crippen molar-refractivity contribution in [2.24, 2.45) is 5.41 Å². The molecule has 0 amide bonds. The molecule has 0 N–H and O–H groups in total. The number of rotatable bonds is 4. The summed E-state index contributed by atoms with van der Waals surface area (Å²) >= 11 is 0. The molecule has 134 valence electrons. The quantitative estimate of drug-likeness (QED) is 0.825. The monoisotopic (exact) mass is 354 g/mol. The van der Waals surface area contributed by atoms with Gasteiger partial charge in [0.1, 0.15) is 16.4 Å². The summed E-state index contributed by atoms with van der Waals surface area (Å²) in [4.78, 5) is 2.50. The van der Waals surface area contributed by atoms with E-state index in [2.05, 4.69) is 11.9 Å². The number of ether oxygens (including phenoxy) is 2. The van der Waals surface area contributed by atoms with Gasteiger partial charge in [-0.1, -0.05) is 0 Å². The predicted molar refractivity (Wildman–Crippen MR) is 92.1 cm³/mol. The van der Waals surface area contributed by atoms with Crippen LogP contribution in [0.15, 0.2) is 23.1 Å². The van der Waals surface area contributed by atoms with Gasteiger partial charge in [0.15, 0.2) is 0 Å². The topological polar surface area (TPSA) is 59.1 Å². The van der Waals surface area contributed by atoms with E-state index in [0.29, 0.717) is 24.6 Å². The van der Waals surface area contributed by atoms with Gasteiger partial charge in [0.2, 0.25) is 10.0 Å². The lowest BCUT2D eigenvalue weighted by atomic mass is 9.78. The van der Waals surface area contributed by atoms with Crippen molar-refractivity contribution in [2.75, 3.05) is 47.4 Å². The third-order valence-corrected chi connectivity index (χ3v) is 7.31. The number of likely N-dealkylation sites (tertiary alicyclic amines) is 1. The van der Waals surface area contributed by atoms with Crippen LogP contribution in [0.3, 0.4) is 0 Å². The minimum absolute atomic E-state index is 0.131. The Balaban J connectivity index is 1.87.